The highest BCUT2D eigenvalue weighted by Gasteiger charge is 2.25. The SMILES string of the molecule is N#Cc1ccc(C(=O)N2CCOC(c3ccccc3)C2)cc1. The Bertz CT molecular complexity index is 689. The van der Waals surface area contributed by atoms with Crippen molar-refractivity contribution in [1.29, 1.82) is 5.26 Å². The van der Waals surface area contributed by atoms with Gasteiger partial charge in [-0.25, -0.2) is 0 Å². The van der Waals surface area contributed by atoms with Crippen LogP contribution in [0, 0.1) is 11.3 Å². The molecule has 0 bridgehead atoms. The summed E-state index contributed by atoms with van der Waals surface area (Å²) < 4.78 is 5.78. The molecule has 0 radical (unpaired) electrons. The molecule has 2 aromatic carbocycles. The van der Waals surface area contributed by atoms with Crippen molar-refractivity contribution >= 4 is 5.91 Å². The van der Waals surface area contributed by atoms with Gasteiger partial charge in [0.2, 0.25) is 0 Å². The van der Waals surface area contributed by atoms with Crippen molar-refractivity contribution < 1.29 is 9.53 Å². The second-order valence-corrected chi connectivity index (χ2v) is 5.21. The molecule has 2 aromatic rings. The molecule has 1 saturated heterocycles. The van der Waals surface area contributed by atoms with Gasteiger partial charge in [-0.3, -0.25) is 4.79 Å². The first-order chi connectivity index (χ1) is 10.8. The first kappa shape index (κ1) is 14.3. The Labute approximate surface area is 129 Å². The fourth-order valence-corrected chi connectivity index (χ4v) is 2.57. The Balaban J connectivity index is 1.74. The van der Waals surface area contributed by atoms with Crippen molar-refractivity contribution in [2.24, 2.45) is 0 Å². The van der Waals surface area contributed by atoms with E-state index in [4.69, 9.17) is 10.00 Å². The summed E-state index contributed by atoms with van der Waals surface area (Å²) in [5.74, 6) is -0.0197. The number of ether oxygens (including phenoxy) is 1. The molecule has 4 heteroatoms. The second kappa shape index (κ2) is 6.42. The smallest absolute Gasteiger partial charge is 0.254 e. The Morgan fingerprint density at radius 3 is 2.55 bits per heavy atom. The van der Waals surface area contributed by atoms with Crippen molar-refractivity contribution in [3.8, 4) is 6.07 Å². The molecule has 1 aliphatic heterocycles. The summed E-state index contributed by atoms with van der Waals surface area (Å²) >= 11 is 0. The van der Waals surface area contributed by atoms with Gasteiger partial charge in [0, 0.05) is 12.1 Å². The zero-order chi connectivity index (χ0) is 15.4. The van der Waals surface area contributed by atoms with E-state index in [1.54, 1.807) is 24.3 Å². The van der Waals surface area contributed by atoms with E-state index < -0.39 is 0 Å². The highest BCUT2D eigenvalue weighted by Crippen LogP contribution is 2.23. The van der Waals surface area contributed by atoms with Crippen molar-refractivity contribution in [2.75, 3.05) is 19.7 Å². The lowest BCUT2D eigenvalue weighted by atomic mass is 10.1. The van der Waals surface area contributed by atoms with Crippen LogP contribution in [0.3, 0.4) is 0 Å². The van der Waals surface area contributed by atoms with Crippen LogP contribution in [-0.2, 0) is 4.74 Å². The molecule has 0 saturated carbocycles. The van der Waals surface area contributed by atoms with Crippen LogP contribution < -0.4 is 0 Å². The van der Waals surface area contributed by atoms with Gasteiger partial charge < -0.3 is 9.64 Å². The van der Waals surface area contributed by atoms with E-state index in [0.29, 0.717) is 30.8 Å². The topological polar surface area (TPSA) is 53.3 Å². The van der Waals surface area contributed by atoms with Crippen LogP contribution in [0.2, 0.25) is 0 Å². The number of carbonyl (C=O) groups is 1. The van der Waals surface area contributed by atoms with Crippen LogP contribution in [0.5, 0.6) is 0 Å². The second-order valence-electron chi connectivity index (χ2n) is 5.21. The molecule has 1 amide bonds. The van der Waals surface area contributed by atoms with Gasteiger partial charge in [0.05, 0.1) is 24.8 Å². The number of amides is 1. The van der Waals surface area contributed by atoms with E-state index >= 15 is 0 Å². The number of carbonyl (C=O) groups excluding carboxylic acids is 1. The molecule has 1 heterocycles. The summed E-state index contributed by atoms with van der Waals surface area (Å²) in [5, 5.41) is 8.81. The van der Waals surface area contributed by atoms with E-state index in [0.717, 1.165) is 5.56 Å². The molecule has 1 aliphatic rings. The quantitative estimate of drug-likeness (QED) is 0.855. The lowest BCUT2D eigenvalue weighted by molar-refractivity contribution is -0.0228. The molecular formula is C18H16N2O2. The number of benzene rings is 2. The summed E-state index contributed by atoms with van der Waals surface area (Å²) in [6.07, 6.45) is -0.0859. The maximum Gasteiger partial charge on any atom is 0.254 e. The van der Waals surface area contributed by atoms with Gasteiger partial charge in [-0.1, -0.05) is 30.3 Å². The average molecular weight is 292 g/mol. The molecule has 1 unspecified atom stereocenters. The molecule has 0 aliphatic carbocycles. The predicted molar refractivity (Wildman–Crippen MR) is 82.2 cm³/mol. The molecule has 1 fully saturated rings. The minimum absolute atomic E-state index is 0.0197. The van der Waals surface area contributed by atoms with Gasteiger partial charge in [-0.15, -0.1) is 0 Å². The lowest BCUT2D eigenvalue weighted by Gasteiger charge is -2.33. The molecule has 4 nitrogen and oxygen atoms in total. The van der Waals surface area contributed by atoms with E-state index in [-0.39, 0.29) is 12.0 Å². The molecule has 3 rings (SSSR count). The normalized spacial score (nSPS) is 17.8. The van der Waals surface area contributed by atoms with Gasteiger partial charge in [0.1, 0.15) is 6.10 Å². The number of nitriles is 1. The Hall–Kier alpha value is -2.64. The van der Waals surface area contributed by atoms with Crippen LogP contribution in [0.4, 0.5) is 0 Å². The number of morpholine rings is 1. The summed E-state index contributed by atoms with van der Waals surface area (Å²) in [6.45, 7) is 1.66. The maximum atomic E-state index is 12.6. The summed E-state index contributed by atoms with van der Waals surface area (Å²) in [6, 6.07) is 18.7. The number of hydrogen-bond donors (Lipinski definition) is 0. The Kier molecular flexibility index (Phi) is 4.17. The van der Waals surface area contributed by atoms with Crippen LogP contribution >= 0.6 is 0 Å². The maximum absolute atomic E-state index is 12.6. The van der Waals surface area contributed by atoms with Crippen molar-refractivity contribution in [2.45, 2.75) is 6.10 Å². The van der Waals surface area contributed by atoms with Crippen LogP contribution in [0.15, 0.2) is 54.6 Å². The molecule has 110 valence electrons. The van der Waals surface area contributed by atoms with Gasteiger partial charge in [0.25, 0.3) is 5.91 Å². The first-order valence-corrected chi connectivity index (χ1v) is 7.24. The molecule has 0 spiro atoms. The van der Waals surface area contributed by atoms with Crippen LogP contribution in [-0.4, -0.2) is 30.5 Å². The number of nitrogens with zero attached hydrogens (tertiary/aromatic N) is 2. The third-order valence-corrected chi connectivity index (χ3v) is 3.79. The standard InChI is InChI=1S/C18H16N2O2/c19-12-14-6-8-16(9-7-14)18(21)20-10-11-22-17(13-20)15-4-2-1-3-5-15/h1-9,17H,10-11,13H2. The molecule has 1 atom stereocenters. The van der Waals surface area contributed by atoms with E-state index in [1.807, 2.05) is 35.2 Å². The molecule has 0 N–H and O–H groups in total. The third kappa shape index (κ3) is 3.00. The van der Waals surface area contributed by atoms with E-state index in [2.05, 4.69) is 6.07 Å². The Morgan fingerprint density at radius 1 is 1.14 bits per heavy atom. The number of hydrogen-bond acceptors (Lipinski definition) is 3. The van der Waals surface area contributed by atoms with Crippen molar-refractivity contribution in [1.82, 2.24) is 4.90 Å². The van der Waals surface area contributed by atoms with Crippen LogP contribution in [0.1, 0.15) is 27.6 Å². The van der Waals surface area contributed by atoms with Crippen molar-refractivity contribution in [3.05, 3.63) is 71.3 Å². The zero-order valence-corrected chi connectivity index (χ0v) is 12.1. The Morgan fingerprint density at radius 2 is 1.86 bits per heavy atom. The molecule has 22 heavy (non-hydrogen) atoms. The van der Waals surface area contributed by atoms with Gasteiger partial charge in [-0.2, -0.15) is 5.26 Å². The largest absolute Gasteiger partial charge is 0.370 e. The third-order valence-electron chi connectivity index (χ3n) is 3.79. The monoisotopic (exact) mass is 292 g/mol. The summed E-state index contributed by atoms with van der Waals surface area (Å²) in [4.78, 5) is 14.4. The lowest BCUT2D eigenvalue weighted by Crippen LogP contribution is -2.42. The van der Waals surface area contributed by atoms with E-state index in [1.165, 1.54) is 0 Å². The summed E-state index contributed by atoms with van der Waals surface area (Å²) in [5.41, 5.74) is 2.24. The highest BCUT2D eigenvalue weighted by molar-refractivity contribution is 5.94. The van der Waals surface area contributed by atoms with Gasteiger partial charge in [0.15, 0.2) is 0 Å². The van der Waals surface area contributed by atoms with Gasteiger partial charge in [-0.05, 0) is 29.8 Å². The van der Waals surface area contributed by atoms with Gasteiger partial charge >= 0.3 is 0 Å². The zero-order valence-electron chi connectivity index (χ0n) is 12.1. The van der Waals surface area contributed by atoms with Crippen molar-refractivity contribution in [3.63, 3.8) is 0 Å². The molecular weight excluding hydrogens is 276 g/mol. The summed E-state index contributed by atoms with van der Waals surface area (Å²) in [7, 11) is 0. The average Bonchev–Trinajstić information content (AvgIpc) is 2.62. The first-order valence-electron chi connectivity index (χ1n) is 7.24. The fraction of sp³-hybridized carbons (Fsp3) is 0.222. The van der Waals surface area contributed by atoms with Crippen LogP contribution in [0.25, 0.3) is 0 Å². The minimum atomic E-state index is -0.0859. The van der Waals surface area contributed by atoms with E-state index in [9.17, 15) is 4.79 Å². The number of rotatable bonds is 2. The predicted octanol–water partition coefficient (Wildman–Crippen LogP) is 2.77. The fourth-order valence-electron chi connectivity index (χ4n) is 2.57. The minimum Gasteiger partial charge on any atom is -0.370 e. The molecule has 0 aromatic heterocycles. The highest BCUT2D eigenvalue weighted by atomic mass is 16.5.